The van der Waals surface area contributed by atoms with Gasteiger partial charge < -0.3 is 20.5 Å². The zero-order valence-corrected chi connectivity index (χ0v) is 17.4. The maximum absolute atomic E-state index is 12.6. The second kappa shape index (κ2) is 9.50. The number of ether oxygens (including phenoxy) is 2. The normalized spacial score (nSPS) is 10.0. The molecule has 0 fully saturated rings. The van der Waals surface area contributed by atoms with Gasteiger partial charge in [0, 0.05) is 23.7 Å². The standard InChI is InChI=1S/C23H22N4O4/c1-27-20(14-19(26-27)18-13-17(30-2)10-11-21(18)31-3)23(29)25-12-4-5-15-6-8-16(9-7-15)22(24)28/h6-11,13-14H,12H2,1-3H3,(H2,24,28)(H,25,29). The fraction of sp³-hybridized carbons (Fsp3) is 0.174. The number of nitrogens with one attached hydrogen (secondary N) is 1. The molecule has 3 N–H and O–H groups in total. The third-order valence-corrected chi connectivity index (χ3v) is 4.53. The molecule has 0 spiro atoms. The van der Waals surface area contributed by atoms with Crippen LogP contribution in [0.15, 0.2) is 48.5 Å². The second-order valence-corrected chi connectivity index (χ2v) is 6.53. The first-order valence-electron chi connectivity index (χ1n) is 9.36. The van der Waals surface area contributed by atoms with Crippen molar-refractivity contribution < 1.29 is 19.1 Å². The Labute approximate surface area is 180 Å². The van der Waals surface area contributed by atoms with Crippen molar-refractivity contribution >= 4 is 11.8 Å². The summed E-state index contributed by atoms with van der Waals surface area (Å²) in [5.74, 6) is 6.29. The molecule has 1 heterocycles. The van der Waals surface area contributed by atoms with Gasteiger partial charge in [0.1, 0.15) is 17.2 Å². The molecule has 0 aliphatic carbocycles. The molecule has 0 aliphatic heterocycles. The lowest BCUT2D eigenvalue weighted by atomic mass is 10.1. The van der Waals surface area contributed by atoms with Crippen LogP contribution in [0.2, 0.25) is 0 Å². The molecule has 3 aromatic rings. The average Bonchev–Trinajstić information content (AvgIpc) is 3.18. The zero-order chi connectivity index (χ0) is 22.4. The van der Waals surface area contributed by atoms with E-state index in [4.69, 9.17) is 15.2 Å². The number of carbonyl (C=O) groups excluding carboxylic acids is 2. The first-order valence-corrected chi connectivity index (χ1v) is 9.36. The SMILES string of the molecule is COc1ccc(OC)c(-c2cc(C(=O)NCC#Cc3ccc(C(N)=O)cc3)n(C)n2)c1. The van der Waals surface area contributed by atoms with Crippen LogP contribution < -0.4 is 20.5 Å². The van der Waals surface area contributed by atoms with Gasteiger partial charge >= 0.3 is 0 Å². The van der Waals surface area contributed by atoms with Gasteiger partial charge in [-0.2, -0.15) is 5.10 Å². The summed E-state index contributed by atoms with van der Waals surface area (Å²) < 4.78 is 12.2. The van der Waals surface area contributed by atoms with Crippen molar-refractivity contribution in [2.75, 3.05) is 20.8 Å². The van der Waals surface area contributed by atoms with Crippen molar-refractivity contribution in [3.8, 4) is 34.6 Å². The van der Waals surface area contributed by atoms with Gasteiger partial charge in [-0.3, -0.25) is 14.3 Å². The highest BCUT2D eigenvalue weighted by Gasteiger charge is 2.17. The molecule has 0 aliphatic rings. The number of nitrogens with zero attached hydrogens (tertiary/aromatic N) is 2. The number of carbonyl (C=O) groups is 2. The van der Waals surface area contributed by atoms with E-state index in [-0.39, 0.29) is 12.5 Å². The molecule has 0 saturated carbocycles. The van der Waals surface area contributed by atoms with E-state index < -0.39 is 5.91 Å². The average molecular weight is 418 g/mol. The van der Waals surface area contributed by atoms with E-state index in [0.29, 0.717) is 34.0 Å². The third kappa shape index (κ3) is 5.03. The number of hydrogen-bond donors (Lipinski definition) is 2. The molecule has 0 bridgehead atoms. The van der Waals surface area contributed by atoms with Crippen LogP contribution in [0.4, 0.5) is 0 Å². The van der Waals surface area contributed by atoms with Crippen molar-refractivity contribution in [3.05, 3.63) is 65.4 Å². The monoisotopic (exact) mass is 418 g/mol. The highest BCUT2D eigenvalue weighted by molar-refractivity contribution is 5.94. The van der Waals surface area contributed by atoms with Gasteiger partial charge in [-0.15, -0.1) is 0 Å². The van der Waals surface area contributed by atoms with Crippen LogP contribution in [-0.4, -0.2) is 42.4 Å². The summed E-state index contributed by atoms with van der Waals surface area (Å²) in [5, 5.41) is 7.18. The Kier molecular flexibility index (Phi) is 6.58. The predicted octanol–water partition coefficient (Wildman–Crippen LogP) is 1.98. The summed E-state index contributed by atoms with van der Waals surface area (Å²) in [4.78, 5) is 23.7. The van der Waals surface area contributed by atoms with E-state index in [0.717, 1.165) is 5.56 Å². The molecular weight excluding hydrogens is 396 g/mol. The van der Waals surface area contributed by atoms with Gasteiger partial charge in [0.15, 0.2) is 0 Å². The quantitative estimate of drug-likeness (QED) is 0.595. The van der Waals surface area contributed by atoms with Crippen LogP contribution in [0.5, 0.6) is 11.5 Å². The molecule has 1 aromatic heterocycles. The van der Waals surface area contributed by atoms with Crippen LogP contribution in [0.1, 0.15) is 26.4 Å². The number of rotatable bonds is 6. The molecule has 8 heteroatoms. The van der Waals surface area contributed by atoms with E-state index in [1.165, 1.54) is 4.68 Å². The number of hydrogen-bond acceptors (Lipinski definition) is 5. The summed E-state index contributed by atoms with van der Waals surface area (Å²) in [7, 11) is 4.84. The van der Waals surface area contributed by atoms with Crippen molar-refractivity contribution in [1.29, 1.82) is 0 Å². The minimum atomic E-state index is -0.492. The largest absolute Gasteiger partial charge is 0.497 e. The van der Waals surface area contributed by atoms with Crippen LogP contribution in [0.25, 0.3) is 11.3 Å². The number of aryl methyl sites for hydroxylation is 1. The van der Waals surface area contributed by atoms with E-state index in [1.807, 2.05) is 0 Å². The summed E-state index contributed by atoms with van der Waals surface area (Å²) in [6.45, 7) is 0.152. The summed E-state index contributed by atoms with van der Waals surface area (Å²) in [6.07, 6.45) is 0. The summed E-state index contributed by atoms with van der Waals surface area (Å²) in [6, 6.07) is 13.7. The number of aromatic nitrogens is 2. The van der Waals surface area contributed by atoms with Crippen LogP contribution in [-0.2, 0) is 7.05 Å². The van der Waals surface area contributed by atoms with Crippen molar-refractivity contribution in [3.63, 3.8) is 0 Å². The van der Waals surface area contributed by atoms with Crippen molar-refractivity contribution in [2.45, 2.75) is 0 Å². The number of primary amides is 1. The molecule has 0 atom stereocenters. The van der Waals surface area contributed by atoms with Gasteiger partial charge in [-0.25, -0.2) is 0 Å². The number of amides is 2. The second-order valence-electron chi connectivity index (χ2n) is 6.53. The van der Waals surface area contributed by atoms with Gasteiger partial charge in [0.25, 0.3) is 5.91 Å². The molecule has 0 radical (unpaired) electrons. The number of benzene rings is 2. The molecule has 0 unspecified atom stereocenters. The Morgan fingerprint density at radius 2 is 1.84 bits per heavy atom. The van der Waals surface area contributed by atoms with E-state index in [2.05, 4.69) is 22.3 Å². The maximum atomic E-state index is 12.6. The topological polar surface area (TPSA) is 108 Å². The Bertz CT molecular complexity index is 1170. The molecule has 0 saturated heterocycles. The lowest BCUT2D eigenvalue weighted by Gasteiger charge is -2.08. The molecule has 3 rings (SSSR count). The van der Waals surface area contributed by atoms with Gasteiger partial charge in [0.05, 0.1) is 26.5 Å². The fourth-order valence-electron chi connectivity index (χ4n) is 2.90. The Hall–Kier alpha value is -4.25. The Morgan fingerprint density at radius 1 is 1.10 bits per heavy atom. The smallest absolute Gasteiger partial charge is 0.270 e. The zero-order valence-electron chi connectivity index (χ0n) is 17.4. The lowest BCUT2D eigenvalue weighted by molar-refractivity contribution is 0.0948. The molecular formula is C23H22N4O4. The van der Waals surface area contributed by atoms with Crippen LogP contribution >= 0.6 is 0 Å². The Morgan fingerprint density at radius 3 is 2.48 bits per heavy atom. The van der Waals surface area contributed by atoms with Gasteiger partial charge in [-0.05, 0) is 48.5 Å². The summed E-state index contributed by atoms with van der Waals surface area (Å²) in [5.41, 5.74) is 8.03. The number of methoxy groups -OCH3 is 2. The summed E-state index contributed by atoms with van der Waals surface area (Å²) >= 11 is 0. The highest BCUT2D eigenvalue weighted by atomic mass is 16.5. The first kappa shape index (κ1) is 21.5. The lowest BCUT2D eigenvalue weighted by Crippen LogP contribution is -2.25. The Balaban J connectivity index is 1.70. The van der Waals surface area contributed by atoms with Gasteiger partial charge in [-0.1, -0.05) is 11.8 Å². The predicted molar refractivity (Wildman–Crippen MR) is 116 cm³/mol. The molecule has 2 amide bonds. The van der Waals surface area contributed by atoms with Crippen LogP contribution in [0, 0.1) is 11.8 Å². The molecule has 2 aromatic carbocycles. The highest BCUT2D eigenvalue weighted by Crippen LogP contribution is 2.32. The van der Waals surface area contributed by atoms with E-state index in [1.54, 1.807) is 69.8 Å². The third-order valence-electron chi connectivity index (χ3n) is 4.53. The molecule has 31 heavy (non-hydrogen) atoms. The molecule has 8 nitrogen and oxygen atoms in total. The van der Waals surface area contributed by atoms with E-state index in [9.17, 15) is 9.59 Å². The van der Waals surface area contributed by atoms with E-state index >= 15 is 0 Å². The van der Waals surface area contributed by atoms with Crippen LogP contribution in [0.3, 0.4) is 0 Å². The maximum Gasteiger partial charge on any atom is 0.270 e. The van der Waals surface area contributed by atoms with Crippen molar-refractivity contribution in [2.24, 2.45) is 12.8 Å². The minimum absolute atomic E-state index is 0.152. The fourth-order valence-corrected chi connectivity index (χ4v) is 2.90. The minimum Gasteiger partial charge on any atom is -0.497 e. The van der Waals surface area contributed by atoms with Gasteiger partial charge in [0.2, 0.25) is 5.91 Å². The number of nitrogens with two attached hydrogens (primary N) is 1. The molecule has 158 valence electrons. The first-order chi connectivity index (χ1) is 14.9. The van der Waals surface area contributed by atoms with Crippen molar-refractivity contribution in [1.82, 2.24) is 15.1 Å².